The minimum Gasteiger partial charge on any atom is -0.456 e. The van der Waals surface area contributed by atoms with Crippen molar-refractivity contribution in [2.45, 2.75) is 19.3 Å². The summed E-state index contributed by atoms with van der Waals surface area (Å²) in [6.45, 7) is 4.64. The van der Waals surface area contributed by atoms with Crippen LogP contribution in [0.2, 0.25) is 0 Å². The topological polar surface area (TPSA) is 145 Å². The summed E-state index contributed by atoms with van der Waals surface area (Å²) < 4.78 is 32.2. The number of benzene rings is 18. The SMILES string of the molecule is CC1(C)c2ccccc2-c2ccc(-c3cc(-c4ccccc4)nc(-n4c5ccccc5c5c6oc7ccccc7c6ccc54)n3)cc21.c1ccc(-c2cc(-c3ccc4oc5ccccc5c4c3)nc(-n3c4ccccc4c4c5oc6ccccc6c5ccc43)n2)cc1.c1ccc(-c2ccc(-c3cc(-c4ccccc4)nc(-n4c5ccccc5c5c6oc7ccccc7c6ccc54)n3)cc2)cc1. The molecule has 0 unspecified atom stereocenters. The molecule has 0 saturated heterocycles. The number of furan rings is 4. The molecule has 0 fully saturated rings. The number of para-hydroxylation sites is 7. The normalized spacial score (nSPS) is 12.4. The average Bonchev–Trinajstić information content (AvgIpc) is 1.57. The van der Waals surface area contributed by atoms with E-state index in [0.29, 0.717) is 17.8 Å². The second-order valence-electron chi connectivity index (χ2n) is 35.5. The maximum atomic E-state index is 6.54. The lowest BCUT2D eigenvalue weighted by Gasteiger charge is -2.22. The van der Waals surface area contributed by atoms with E-state index in [9.17, 15) is 0 Å². The lowest BCUT2D eigenvalue weighted by molar-refractivity contribution is 0.660. The third-order valence-electron chi connectivity index (χ3n) is 27.3. The minimum absolute atomic E-state index is 0.106. The molecule has 13 nitrogen and oxygen atoms in total. The number of rotatable bonds is 10. The van der Waals surface area contributed by atoms with Crippen molar-refractivity contribution in [3.8, 4) is 108 Å². The number of aromatic nitrogens is 9. The molecule has 0 radical (unpaired) electrons. The van der Waals surface area contributed by atoms with Crippen LogP contribution in [0.15, 0.2) is 448 Å². The first-order valence-corrected chi connectivity index (χ1v) is 45.9. The molecule has 0 aliphatic heterocycles. The van der Waals surface area contributed by atoms with E-state index in [1.807, 2.05) is 109 Å². The van der Waals surface area contributed by atoms with Crippen molar-refractivity contribution in [2.24, 2.45) is 0 Å². The summed E-state index contributed by atoms with van der Waals surface area (Å²) in [4.78, 5) is 31.4. The summed E-state index contributed by atoms with van der Waals surface area (Å²) in [5, 5.41) is 15.3. The smallest absolute Gasteiger partial charge is 0.235 e. The number of nitrogens with zero attached hydrogens (tertiary/aromatic N) is 9. The molecular weight excluding hydrogens is 1670 g/mol. The van der Waals surface area contributed by atoms with Gasteiger partial charge in [-0.05, 0) is 155 Å². The Labute approximate surface area is 778 Å². The van der Waals surface area contributed by atoms with E-state index in [1.165, 1.54) is 33.4 Å². The van der Waals surface area contributed by atoms with Crippen LogP contribution in [0, 0.1) is 0 Å². The zero-order chi connectivity index (χ0) is 89.8. The Bertz CT molecular complexity index is 9720. The molecular formula is C123H77N9O4. The maximum Gasteiger partial charge on any atom is 0.235 e. The second kappa shape index (κ2) is 31.0. The van der Waals surface area contributed by atoms with Crippen molar-refractivity contribution in [1.29, 1.82) is 0 Å². The van der Waals surface area contributed by atoms with Crippen LogP contribution >= 0.6 is 0 Å². The predicted octanol–water partition coefficient (Wildman–Crippen LogP) is 32.3. The highest BCUT2D eigenvalue weighted by Crippen LogP contribution is 2.51. The van der Waals surface area contributed by atoms with Crippen LogP contribution in [0.3, 0.4) is 0 Å². The van der Waals surface area contributed by atoms with Gasteiger partial charge in [0.2, 0.25) is 17.8 Å². The van der Waals surface area contributed by atoms with Crippen LogP contribution in [0.1, 0.15) is 25.0 Å². The second-order valence-corrected chi connectivity index (χ2v) is 35.5. The van der Waals surface area contributed by atoms with Gasteiger partial charge < -0.3 is 17.7 Å². The molecule has 0 N–H and O–H groups in total. The maximum absolute atomic E-state index is 6.54. The summed E-state index contributed by atoms with van der Waals surface area (Å²) in [6.07, 6.45) is 0. The highest BCUT2D eigenvalue weighted by atomic mass is 16.3. The van der Waals surface area contributed by atoms with Gasteiger partial charge in [-0.1, -0.05) is 323 Å². The van der Waals surface area contributed by atoms with E-state index in [2.05, 4.69) is 349 Å². The molecule has 136 heavy (non-hydrogen) atoms. The van der Waals surface area contributed by atoms with Crippen molar-refractivity contribution in [3.05, 3.63) is 442 Å². The molecule has 10 aromatic heterocycles. The zero-order valence-electron chi connectivity index (χ0n) is 73.6. The molecule has 1 aliphatic rings. The summed E-state index contributed by atoms with van der Waals surface area (Å²) in [7, 11) is 0. The van der Waals surface area contributed by atoms with Gasteiger partial charge in [0, 0.05) is 98.0 Å². The van der Waals surface area contributed by atoms with Crippen molar-refractivity contribution < 1.29 is 17.7 Å². The van der Waals surface area contributed by atoms with Crippen LogP contribution in [-0.2, 0) is 5.41 Å². The standard InChI is InChI=1S/C43H29N3O.C40H23N3O2.C40H25N3O/c1-43(2)33-17-9-6-14-28(33)29-21-20-27(24-34(29)43)36-25-35(26-12-4-3-5-13-26)44-42(45-36)46-37-18-10-7-16-32(37)40-38(46)23-22-31-30-15-8-11-19-39(30)47-41(31)40;1-2-10-24(11-3-1)31-23-32(25-18-21-37-30(22-25)27-13-6-8-16-35(27)44-37)42-40(41-31)43-33-15-7-4-14-29(33)38-34(43)20-19-28-26-12-5-9-17-36(26)45-39(28)38;1-3-11-26(12-4-1)27-19-21-29(22-20-27)34-25-33(28-13-5-2-6-14-28)41-40(42-34)43-35-17-9-7-16-32(35)38-36(43)24-23-31-30-15-8-10-18-37(30)44-39(31)38/h3-25H,1-2H3;1-23H;1-25H. The summed E-state index contributed by atoms with van der Waals surface area (Å²) in [5.74, 6) is 1.85. The van der Waals surface area contributed by atoms with E-state index < -0.39 is 0 Å². The van der Waals surface area contributed by atoms with Gasteiger partial charge in [0.15, 0.2) is 0 Å². The first-order chi connectivity index (χ1) is 67.2. The van der Waals surface area contributed by atoms with E-state index in [-0.39, 0.29) is 5.41 Å². The van der Waals surface area contributed by atoms with Gasteiger partial charge >= 0.3 is 0 Å². The molecule has 0 amide bonds. The zero-order valence-corrected chi connectivity index (χ0v) is 73.6. The molecule has 18 aromatic carbocycles. The lowest BCUT2D eigenvalue weighted by Crippen LogP contribution is -2.15. The van der Waals surface area contributed by atoms with Crippen LogP contribution in [0.5, 0.6) is 0 Å². The van der Waals surface area contributed by atoms with Gasteiger partial charge in [0.1, 0.15) is 44.7 Å². The number of hydrogen-bond acceptors (Lipinski definition) is 10. The molecule has 638 valence electrons. The quantitative estimate of drug-likeness (QED) is 0.130. The van der Waals surface area contributed by atoms with Crippen LogP contribution < -0.4 is 0 Å². The van der Waals surface area contributed by atoms with Crippen LogP contribution in [0.4, 0.5) is 0 Å². The Balaban J connectivity index is 0.000000103. The monoisotopic (exact) mass is 1740 g/mol. The van der Waals surface area contributed by atoms with Gasteiger partial charge in [-0.25, -0.2) is 29.9 Å². The van der Waals surface area contributed by atoms with E-state index in [0.717, 1.165) is 221 Å². The Morgan fingerprint density at radius 3 is 0.875 bits per heavy atom. The van der Waals surface area contributed by atoms with E-state index >= 15 is 0 Å². The van der Waals surface area contributed by atoms with Gasteiger partial charge in [-0.3, -0.25) is 13.7 Å². The van der Waals surface area contributed by atoms with Gasteiger partial charge in [-0.2, -0.15) is 0 Å². The van der Waals surface area contributed by atoms with Crippen LogP contribution in [-0.4, -0.2) is 43.6 Å². The molecule has 29 rings (SSSR count). The minimum atomic E-state index is -0.106. The third-order valence-corrected chi connectivity index (χ3v) is 27.3. The van der Waals surface area contributed by atoms with Crippen molar-refractivity contribution >= 4 is 153 Å². The Hall–Kier alpha value is -18.2. The molecule has 28 aromatic rings. The fourth-order valence-corrected chi connectivity index (χ4v) is 20.9. The third kappa shape index (κ3) is 12.5. The highest BCUT2D eigenvalue weighted by molar-refractivity contribution is 6.27. The van der Waals surface area contributed by atoms with E-state index in [4.69, 9.17) is 47.6 Å². The molecule has 0 spiro atoms. The molecule has 1 aliphatic carbocycles. The fourth-order valence-electron chi connectivity index (χ4n) is 20.9. The average molecular weight is 1750 g/mol. The van der Waals surface area contributed by atoms with Crippen molar-refractivity contribution in [3.63, 3.8) is 0 Å². The molecule has 0 atom stereocenters. The van der Waals surface area contributed by atoms with Gasteiger partial charge in [0.25, 0.3) is 0 Å². The predicted molar refractivity (Wildman–Crippen MR) is 554 cm³/mol. The summed E-state index contributed by atoms with van der Waals surface area (Å²) >= 11 is 0. The largest absolute Gasteiger partial charge is 0.456 e. The van der Waals surface area contributed by atoms with Crippen molar-refractivity contribution in [2.75, 3.05) is 0 Å². The lowest BCUT2D eigenvalue weighted by atomic mass is 9.82. The first-order valence-electron chi connectivity index (χ1n) is 45.9. The Morgan fingerprint density at radius 2 is 0.463 bits per heavy atom. The summed E-state index contributed by atoms with van der Waals surface area (Å²) in [6, 6.07) is 149. The molecule has 13 heteroatoms. The molecule has 0 bridgehead atoms. The van der Waals surface area contributed by atoms with Gasteiger partial charge in [-0.15, -0.1) is 0 Å². The number of hydrogen-bond donors (Lipinski definition) is 0. The summed E-state index contributed by atoms with van der Waals surface area (Å²) in [5.41, 5.74) is 32.1. The highest BCUT2D eigenvalue weighted by Gasteiger charge is 2.36. The first kappa shape index (κ1) is 77.7. The van der Waals surface area contributed by atoms with Crippen molar-refractivity contribution in [1.82, 2.24) is 43.6 Å². The number of fused-ring (bicyclic) bond motifs is 27. The molecule has 10 heterocycles. The molecule has 0 saturated carbocycles. The Kier molecular flexibility index (Phi) is 17.7. The van der Waals surface area contributed by atoms with Gasteiger partial charge in [0.05, 0.1) is 83.4 Å². The van der Waals surface area contributed by atoms with Crippen LogP contribution in [0.25, 0.3) is 261 Å². The Morgan fingerprint density at radius 1 is 0.184 bits per heavy atom. The fraction of sp³-hybridized carbons (Fsp3) is 0.0244. The van der Waals surface area contributed by atoms with E-state index in [1.54, 1.807) is 0 Å².